The summed E-state index contributed by atoms with van der Waals surface area (Å²) in [5.41, 5.74) is 12.6. The maximum absolute atomic E-state index is 6.71. The van der Waals surface area contributed by atoms with E-state index in [-0.39, 0.29) is 0 Å². The van der Waals surface area contributed by atoms with Gasteiger partial charge in [0.15, 0.2) is 0 Å². The van der Waals surface area contributed by atoms with Gasteiger partial charge >= 0.3 is 0 Å². The molecule has 0 aliphatic rings. The van der Waals surface area contributed by atoms with Crippen molar-refractivity contribution in [2.24, 2.45) is 0 Å². The zero-order valence-electron chi connectivity index (χ0n) is 28.3. The van der Waals surface area contributed by atoms with Gasteiger partial charge in [0.05, 0.1) is 11.0 Å². The van der Waals surface area contributed by atoms with E-state index in [0.29, 0.717) is 0 Å². The van der Waals surface area contributed by atoms with Crippen molar-refractivity contribution in [3.8, 4) is 39.1 Å². The van der Waals surface area contributed by atoms with Gasteiger partial charge in [0, 0.05) is 27.2 Å². The van der Waals surface area contributed by atoms with Crippen LogP contribution in [-0.2, 0) is 0 Å². The molecule has 0 aliphatic carbocycles. The van der Waals surface area contributed by atoms with Gasteiger partial charge in [-0.1, -0.05) is 140 Å². The van der Waals surface area contributed by atoms with E-state index < -0.39 is 0 Å². The number of rotatable bonds is 4. The molecule has 52 heavy (non-hydrogen) atoms. The fraction of sp³-hybridized carbons (Fsp3) is 0. The first-order valence-corrected chi connectivity index (χ1v) is 17.9. The van der Waals surface area contributed by atoms with Crippen LogP contribution in [0.2, 0.25) is 0 Å². The molecule has 0 spiro atoms. The van der Waals surface area contributed by atoms with Crippen LogP contribution in [0.5, 0.6) is 0 Å². The van der Waals surface area contributed by atoms with E-state index in [1.807, 2.05) is 0 Å². The van der Waals surface area contributed by atoms with E-state index in [1.165, 1.54) is 71.2 Å². The van der Waals surface area contributed by atoms with Crippen molar-refractivity contribution in [1.82, 2.24) is 4.57 Å². The van der Waals surface area contributed by atoms with Gasteiger partial charge < -0.3 is 8.98 Å². The fourth-order valence-electron chi connectivity index (χ4n) is 8.56. The second kappa shape index (κ2) is 11.3. The molecule has 0 bridgehead atoms. The third-order valence-electron chi connectivity index (χ3n) is 10.8. The van der Waals surface area contributed by atoms with Crippen LogP contribution >= 0.6 is 0 Å². The van der Waals surface area contributed by atoms with E-state index in [2.05, 4.69) is 193 Å². The van der Waals surface area contributed by atoms with Crippen molar-refractivity contribution >= 4 is 65.3 Å². The van der Waals surface area contributed by atoms with Gasteiger partial charge in [-0.2, -0.15) is 0 Å². The van der Waals surface area contributed by atoms with Gasteiger partial charge in [-0.05, 0) is 103 Å². The van der Waals surface area contributed by atoms with Crippen LogP contribution in [0.25, 0.3) is 104 Å². The Kier molecular flexibility index (Phi) is 6.28. The highest BCUT2D eigenvalue weighted by atomic mass is 16.3. The summed E-state index contributed by atoms with van der Waals surface area (Å²) in [6, 6.07) is 67.8. The van der Waals surface area contributed by atoms with E-state index in [1.54, 1.807) is 0 Å². The SMILES string of the molecule is c1ccc(-c2c3ccccc3c(-c3cccc4oc5cc(-c6ccc7c(c6)c6ccccc6n7-c6ccccc6)ccc5c34)c3ccccc23)cc1. The lowest BCUT2D eigenvalue weighted by Gasteiger charge is -2.18. The first-order chi connectivity index (χ1) is 25.8. The molecule has 2 heteroatoms. The molecule has 0 saturated heterocycles. The summed E-state index contributed by atoms with van der Waals surface area (Å²) in [4.78, 5) is 0. The number of para-hydroxylation sites is 2. The highest BCUT2D eigenvalue weighted by molar-refractivity contribution is 6.25. The van der Waals surface area contributed by atoms with Crippen LogP contribution in [0.4, 0.5) is 0 Å². The average Bonchev–Trinajstić information content (AvgIpc) is 3.76. The Morgan fingerprint density at radius 2 is 0.904 bits per heavy atom. The molecule has 0 fully saturated rings. The molecule has 0 amide bonds. The molecule has 11 aromatic rings. The number of nitrogens with zero attached hydrogens (tertiary/aromatic N) is 1. The predicted molar refractivity (Wildman–Crippen MR) is 219 cm³/mol. The number of hydrogen-bond acceptors (Lipinski definition) is 1. The van der Waals surface area contributed by atoms with E-state index in [0.717, 1.165) is 33.2 Å². The molecule has 0 saturated carbocycles. The van der Waals surface area contributed by atoms with Crippen molar-refractivity contribution < 1.29 is 4.42 Å². The van der Waals surface area contributed by atoms with Gasteiger partial charge in [0.25, 0.3) is 0 Å². The zero-order chi connectivity index (χ0) is 34.2. The topological polar surface area (TPSA) is 18.1 Å². The molecule has 9 aromatic carbocycles. The number of hydrogen-bond donors (Lipinski definition) is 0. The predicted octanol–water partition coefficient (Wildman–Crippen LogP) is 14.0. The lowest BCUT2D eigenvalue weighted by Crippen LogP contribution is -1.92. The second-order valence-corrected chi connectivity index (χ2v) is 13.6. The smallest absolute Gasteiger partial charge is 0.136 e. The van der Waals surface area contributed by atoms with Crippen LogP contribution < -0.4 is 0 Å². The molecule has 2 nitrogen and oxygen atoms in total. The number of fused-ring (bicyclic) bond motifs is 8. The Morgan fingerprint density at radius 1 is 0.327 bits per heavy atom. The van der Waals surface area contributed by atoms with Gasteiger partial charge in [0.1, 0.15) is 11.2 Å². The molecule has 0 aliphatic heterocycles. The van der Waals surface area contributed by atoms with Crippen molar-refractivity contribution in [2.45, 2.75) is 0 Å². The normalized spacial score (nSPS) is 11.8. The van der Waals surface area contributed by atoms with Gasteiger partial charge in [0.2, 0.25) is 0 Å². The Bertz CT molecular complexity index is 3110. The average molecular weight is 662 g/mol. The maximum Gasteiger partial charge on any atom is 0.136 e. The van der Waals surface area contributed by atoms with Crippen LogP contribution in [0.3, 0.4) is 0 Å². The quantitative estimate of drug-likeness (QED) is 0.172. The minimum absolute atomic E-state index is 0.890. The maximum atomic E-state index is 6.71. The van der Waals surface area contributed by atoms with Crippen molar-refractivity contribution in [2.75, 3.05) is 0 Å². The van der Waals surface area contributed by atoms with Crippen LogP contribution in [0, 0.1) is 0 Å². The van der Waals surface area contributed by atoms with Crippen LogP contribution in [0.1, 0.15) is 0 Å². The molecule has 0 atom stereocenters. The monoisotopic (exact) mass is 661 g/mol. The summed E-state index contributed by atoms with van der Waals surface area (Å²) < 4.78 is 9.07. The van der Waals surface area contributed by atoms with Crippen molar-refractivity contribution in [1.29, 1.82) is 0 Å². The van der Waals surface area contributed by atoms with Crippen LogP contribution in [-0.4, -0.2) is 4.57 Å². The Morgan fingerprint density at radius 3 is 1.63 bits per heavy atom. The summed E-state index contributed by atoms with van der Waals surface area (Å²) >= 11 is 0. The molecule has 0 N–H and O–H groups in total. The van der Waals surface area contributed by atoms with Gasteiger partial charge in [-0.15, -0.1) is 0 Å². The molecular weight excluding hydrogens is 631 g/mol. The molecule has 0 radical (unpaired) electrons. The Labute approximate surface area is 300 Å². The summed E-state index contributed by atoms with van der Waals surface area (Å²) in [6.07, 6.45) is 0. The van der Waals surface area contributed by atoms with E-state index >= 15 is 0 Å². The Hall–Kier alpha value is -6.90. The summed E-state index contributed by atoms with van der Waals surface area (Å²) in [7, 11) is 0. The van der Waals surface area contributed by atoms with Crippen LogP contribution in [0.15, 0.2) is 192 Å². The minimum atomic E-state index is 0.890. The molecular formula is C50H31NO. The number of benzene rings is 9. The van der Waals surface area contributed by atoms with E-state index in [4.69, 9.17) is 4.42 Å². The second-order valence-electron chi connectivity index (χ2n) is 13.6. The third-order valence-corrected chi connectivity index (χ3v) is 10.8. The number of furan rings is 1. The standard InChI is InChI=1S/C50H31NO/c1-3-14-32(15-4-1)48-37-19-7-9-21-39(37)49(40-22-10-8-20-38(40)48)42-23-13-25-46-50(42)41-28-26-34(31-47(41)52-46)33-27-29-45-43(30-33)36-18-11-12-24-44(36)51(45)35-16-5-2-6-17-35/h1-31H. The molecule has 11 rings (SSSR count). The van der Waals surface area contributed by atoms with Gasteiger partial charge in [-0.3, -0.25) is 0 Å². The summed E-state index contributed by atoms with van der Waals surface area (Å²) in [5.74, 6) is 0. The first kappa shape index (κ1) is 28.9. The molecule has 242 valence electrons. The minimum Gasteiger partial charge on any atom is -0.456 e. The molecule has 2 heterocycles. The number of aromatic nitrogens is 1. The Balaban J connectivity index is 1.12. The largest absolute Gasteiger partial charge is 0.456 e. The molecule has 2 aromatic heterocycles. The third kappa shape index (κ3) is 4.25. The lowest BCUT2D eigenvalue weighted by molar-refractivity contribution is 0.669. The van der Waals surface area contributed by atoms with Gasteiger partial charge in [-0.25, -0.2) is 0 Å². The highest BCUT2D eigenvalue weighted by Gasteiger charge is 2.21. The summed E-state index contributed by atoms with van der Waals surface area (Å²) in [5, 5.41) is 9.72. The first-order valence-electron chi connectivity index (χ1n) is 17.9. The van der Waals surface area contributed by atoms with E-state index in [9.17, 15) is 0 Å². The fourth-order valence-corrected chi connectivity index (χ4v) is 8.56. The highest BCUT2D eigenvalue weighted by Crippen LogP contribution is 2.47. The summed E-state index contributed by atoms with van der Waals surface area (Å²) in [6.45, 7) is 0. The molecule has 0 unspecified atom stereocenters. The van der Waals surface area contributed by atoms with Crippen molar-refractivity contribution in [3.05, 3.63) is 188 Å². The zero-order valence-corrected chi connectivity index (χ0v) is 28.3. The lowest BCUT2D eigenvalue weighted by atomic mass is 9.85. The van der Waals surface area contributed by atoms with Crippen molar-refractivity contribution in [3.63, 3.8) is 0 Å².